The predicted molar refractivity (Wildman–Crippen MR) is 136 cm³/mol. The average molecular weight is 493 g/mol. The van der Waals surface area contributed by atoms with E-state index in [4.69, 9.17) is 28.9 Å². The van der Waals surface area contributed by atoms with Crippen LogP contribution in [0.4, 0.5) is 0 Å². The highest BCUT2D eigenvalue weighted by Crippen LogP contribution is 2.39. The molecule has 1 N–H and O–H groups in total. The number of methoxy groups -OCH3 is 3. The van der Waals surface area contributed by atoms with E-state index in [-0.39, 0.29) is 24.9 Å². The van der Waals surface area contributed by atoms with Crippen LogP contribution < -0.4 is 29.0 Å². The Balaban J connectivity index is 0.00000578. The van der Waals surface area contributed by atoms with Crippen LogP contribution >= 0.6 is 12.4 Å². The predicted octanol–water partition coefficient (Wildman–Crippen LogP) is 5.05. The van der Waals surface area contributed by atoms with Gasteiger partial charge in [0.15, 0.2) is 23.0 Å². The first kappa shape index (κ1) is 29.2. The molecule has 2 aromatic rings. The number of halogens is 1. The van der Waals surface area contributed by atoms with Crippen molar-refractivity contribution >= 4 is 12.4 Å². The fraction of sp³-hybridized carbons (Fsp3) is 0.500. The zero-order valence-electron chi connectivity index (χ0n) is 20.8. The second-order valence-corrected chi connectivity index (χ2v) is 7.96. The third-order valence-corrected chi connectivity index (χ3v) is 5.24. The topological polar surface area (TPSA) is 82.0 Å². The SMILES string of the molecule is COc1ccccc1OCCCNCCC(Oc1cc(CC#N)cc(OC)c1OC)C(C)C.Cl. The van der Waals surface area contributed by atoms with Crippen LogP contribution in [0, 0.1) is 17.2 Å². The lowest BCUT2D eigenvalue weighted by Gasteiger charge is -2.25. The molecule has 0 amide bonds. The zero-order chi connectivity index (χ0) is 24.1. The van der Waals surface area contributed by atoms with E-state index in [9.17, 15) is 0 Å². The van der Waals surface area contributed by atoms with Gasteiger partial charge in [0.05, 0.1) is 40.4 Å². The second kappa shape index (κ2) is 15.9. The van der Waals surface area contributed by atoms with Crippen molar-refractivity contribution in [1.29, 1.82) is 5.26 Å². The van der Waals surface area contributed by atoms with Gasteiger partial charge in [-0.05, 0) is 61.7 Å². The molecule has 0 heterocycles. The first-order valence-corrected chi connectivity index (χ1v) is 11.3. The molecule has 0 bridgehead atoms. The molecule has 0 aliphatic heterocycles. The lowest BCUT2D eigenvalue weighted by molar-refractivity contribution is 0.135. The summed E-state index contributed by atoms with van der Waals surface area (Å²) in [4.78, 5) is 0. The second-order valence-electron chi connectivity index (χ2n) is 7.96. The highest BCUT2D eigenvalue weighted by atomic mass is 35.5. The zero-order valence-corrected chi connectivity index (χ0v) is 21.6. The molecular weight excluding hydrogens is 456 g/mol. The summed E-state index contributed by atoms with van der Waals surface area (Å²) in [5.41, 5.74) is 0.834. The Morgan fingerprint density at radius 2 is 1.59 bits per heavy atom. The molecule has 0 aromatic heterocycles. The highest BCUT2D eigenvalue weighted by molar-refractivity contribution is 5.85. The van der Waals surface area contributed by atoms with Gasteiger partial charge in [0.2, 0.25) is 5.75 Å². The monoisotopic (exact) mass is 492 g/mol. The van der Waals surface area contributed by atoms with Crippen molar-refractivity contribution in [2.75, 3.05) is 41.0 Å². The minimum Gasteiger partial charge on any atom is -0.493 e. The van der Waals surface area contributed by atoms with Crippen molar-refractivity contribution in [1.82, 2.24) is 5.32 Å². The number of para-hydroxylation sites is 2. The van der Waals surface area contributed by atoms with E-state index in [0.29, 0.717) is 29.8 Å². The maximum Gasteiger partial charge on any atom is 0.203 e. The molecule has 1 atom stereocenters. The van der Waals surface area contributed by atoms with Crippen molar-refractivity contribution in [3.8, 4) is 34.8 Å². The molecule has 0 saturated carbocycles. The van der Waals surface area contributed by atoms with Gasteiger partial charge in [-0.25, -0.2) is 0 Å². The number of ether oxygens (including phenoxy) is 5. The lowest BCUT2D eigenvalue weighted by atomic mass is 10.0. The van der Waals surface area contributed by atoms with Crippen LogP contribution in [0.15, 0.2) is 36.4 Å². The molecule has 188 valence electrons. The Labute approximate surface area is 209 Å². The number of nitriles is 1. The van der Waals surface area contributed by atoms with E-state index in [1.807, 2.05) is 36.4 Å². The Bertz CT molecular complexity index is 901. The maximum absolute atomic E-state index is 9.08. The number of nitrogens with one attached hydrogen (secondary N) is 1. The van der Waals surface area contributed by atoms with Gasteiger partial charge in [-0.1, -0.05) is 26.0 Å². The summed E-state index contributed by atoms with van der Waals surface area (Å²) in [6.45, 7) is 6.53. The number of hydrogen-bond acceptors (Lipinski definition) is 7. The molecule has 0 fully saturated rings. The molecule has 0 spiro atoms. The van der Waals surface area contributed by atoms with Crippen LogP contribution in [0.25, 0.3) is 0 Å². The Morgan fingerprint density at radius 1 is 0.912 bits per heavy atom. The fourth-order valence-electron chi connectivity index (χ4n) is 3.44. The Morgan fingerprint density at radius 3 is 2.21 bits per heavy atom. The van der Waals surface area contributed by atoms with Gasteiger partial charge < -0.3 is 29.0 Å². The molecule has 8 heteroatoms. The third kappa shape index (κ3) is 8.85. The van der Waals surface area contributed by atoms with Crippen molar-refractivity contribution in [3.05, 3.63) is 42.0 Å². The van der Waals surface area contributed by atoms with Crippen LogP contribution in [-0.4, -0.2) is 47.1 Å². The molecule has 0 aliphatic carbocycles. The summed E-state index contributed by atoms with van der Waals surface area (Å²) < 4.78 is 28.4. The summed E-state index contributed by atoms with van der Waals surface area (Å²) in [5.74, 6) is 3.52. The van der Waals surface area contributed by atoms with Crippen molar-refractivity contribution in [3.63, 3.8) is 0 Å². The van der Waals surface area contributed by atoms with E-state index in [1.54, 1.807) is 21.3 Å². The van der Waals surface area contributed by atoms with E-state index in [1.165, 1.54) is 0 Å². The van der Waals surface area contributed by atoms with Gasteiger partial charge in [0, 0.05) is 0 Å². The summed E-state index contributed by atoms with van der Waals surface area (Å²) in [6.07, 6.45) is 1.98. The maximum atomic E-state index is 9.08. The van der Waals surface area contributed by atoms with Gasteiger partial charge in [-0.15, -0.1) is 12.4 Å². The molecule has 2 rings (SSSR count). The van der Waals surface area contributed by atoms with Gasteiger partial charge >= 0.3 is 0 Å². The van der Waals surface area contributed by atoms with Crippen LogP contribution in [-0.2, 0) is 6.42 Å². The number of nitrogens with zero attached hydrogens (tertiary/aromatic N) is 1. The molecule has 0 aliphatic rings. The minimum absolute atomic E-state index is 0. The van der Waals surface area contributed by atoms with Gasteiger partial charge in [0.1, 0.15) is 6.10 Å². The van der Waals surface area contributed by atoms with E-state index in [0.717, 1.165) is 43.0 Å². The number of rotatable bonds is 15. The fourth-order valence-corrected chi connectivity index (χ4v) is 3.44. The lowest BCUT2D eigenvalue weighted by Crippen LogP contribution is -2.29. The molecule has 34 heavy (non-hydrogen) atoms. The van der Waals surface area contributed by atoms with Gasteiger partial charge in [-0.3, -0.25) is 0 Å². The smallest absolute Gasteiger partial charge is 0.203 e. The Hall–Kier alpha value is -2.82. The van der Waals surface area contributed by atoms with Gasteiger partial charge in [0.25, 0.3) is 0 Å². The van der Waals surface area contributed by atoms with Crippen molar-refractivity contribution in [2.24, 2.45) is 5.92 Å². The Kier molecular flexibility index (Phi) is 13.7. The van der Waals surface area contributed by atoms with Crippen LogP contribution in [0.5, 0.6) is 28.7 Å². The van der Waals surface area contributed by atoms with E-state index >= 15 is 0 Å². The van der Waals surface area contributed by atoms with E-state index < -0.39 is 0 Å². The number of hydrogen-bond donors (Lipinski definition) is 1. The molecule has 7 nitrogen and oxygen atoms in total. The van der Waals surface area contributed by atoms with Gasteiger partial charge in [-0.2, -0.15) is 5.26 Å². The normalized spacial score (nSPS) is 11.2. The van der Waals surface area contributed by atoms with Crippen LogP contribution in [0.2, 0.25) is 0 Å². The summed E-state index contributed by atoms with van der Waals surface area (Å²) in [7, 11) is 4.81. The van der Waals surface area contributed by atoms with Crippen LogP contribution in [0.1, 0.15) is 32.3 Å². The standard InChI is InChI=1S/C26H36N2O5.ClH/c1-19(2)21(33-25-18-20(11-13-27)17-24(30-4)26(25)31-5)12-15-28-14-8-16-32-23-10-7-6-9-22(23)29-3;/h6-7,9-10,17-19,21,28H,8,11-12,14-16H2,1-5H3;1H. The van der Waals surface area contributed by atoms with Crippen molar-refractivity contribution in [2.45, 2.75) is 39.2 Å². The van der Waals surface area contributed by atoms with E-state index in [2.05, 4.69) is 25.2 Å². The average Bonchev–Trinajstić information content (AvgIpc) is 2.82. The summed E-state index contributed by atoms with van der Waals surface area (Å²) in [6, 6.07) is 13.5. The third-order valence-electron chi connectivity index (χ3n) is 5.24. The molecule has 0 radical (unpaired) electrons. The highest BCUT2D eigenvalue weighted by Gasteiger charge is 2.20. The minimum atomic E-state index is -0.0155. The first-order chi connectivity index (χ1) is 16.0. The quantitative estimate of drug-likeness (QED) is 0.348. The summed E-state index contributed by atoms with van der Waals surface area (Å²) >= 11 is 0. The molecule has 0 saturated heterocycles. The molecule has 2 aromatic carbocycles. The molecule has 1 unspecified atom stereocenters. The molecular formula is C26H37ClN2O5. The van der Waals surface area contributed by atoms with Crippen LogP contribution in [0.3, 0.4) is 0 Å². The largest absolute Gasteiger partial charge is 0.493 e. The number of benzene rings is 2. The van der Waals surface area contributed by atoms with Crippen molar-refractivity contribution < 1.29 is 23.7 Å². The first-order valence-electron chi connectivity index (χ1n) is 11.3. The summed E-state index contributed by atoms with van der Waals surface area (Å²) in [5, 5.41) is 12.5.